The Bertz CT molecular complexity index is 1240. The van der Waals surface area contributed by atoms with Crippen molar-refractivity contribution in [1.82, 2.24) is 20.2 Å². The molecule has 1 unspecified atom stereocenters. The van der Waals surface area contributed by atoms with Gasteiger partial charge in [-0.2, -0.15) is 18.0 Å². The predicted molar refractivity (Wildman–Crippen MR) is 116 cm³/mol. The van der Waals surface area contributed by atoms with Crippen molar-refractivity contribution in [1.29, 1.82) is 0 Å². The fraction of sp³-hybridized carbons (Fsp3) is 0.167. The normalized spacial score (nSPS) is 12.2. The third-order valence-corrected chi connectivity index (χ3v) is 4.79. The molecule has 0 amide bonds. The number of hydrogen-bond acceptors (Lipinski definition) is 6. The lowest BCUT2D eigenvalue weighted by molar-refractivity contribution is -0.137. The molecule has 3 aromatic carbocycles. The molecule has 4 rings (SSSR count). The van der Waals surface area contributed by atoms with Gasteiger partial charge in [-0.25, -0.2) is 0 Å². The van der Waals surface area contributed by atoms with E-state index in [-0.39, 0.29) is 18.1 Å². The van der Waals surface area contributed by atoms with E-state index in [1.165, 1.54) is 16.9 Å². The first kappa shape index (κ1) is 23.0. The second-order valence-corrected chi connectivity index (χ2v) is 7.33. The molecule has 1 heterocycles. The van der Waals surface area contributed by atoms with E-state index in [0.29, 0.717) is 17.3 Å². The van der Waals surface area contributed by atoms with Crippen LogP contribution in [0.1, 0.15) is 12.5 Å². The first-order chi connectivity index (χ1) is 16.3. The SMILES string of the molecule is CC(Oc1ccc(Oc2ccc(C(F)(F)F)cc2)cc1)C(=O)Cn1nnc(-c2ccccc2)n1. The third-order valence-electron chi connectivity index (χ3n) is 4.79. The number of alkyl halides is 3. The summed E-state index contributed by atoms with van der Waals surface area (Å²) in [5.41, 5.74) is 0.0451. The summed E-state index contributed by atoms with van der Waals surface area (Å²) in [5, 5.41) is 12.1. The van der Waals surface area contributed by atoms with Crippen molar-refractivity contribution in [2.75, 3.05) is 0 Å². The highest BCUT2D eigenvalue weighted by atomic mass is 19.4. The van der Waals surface area contributed by atoms with Gasteiger partial charge in [0.25, 0.3) is 0 Å². The van der Waals surface area contributed by atoms with E-state index in [0.717, 1.165) is 17.7 Å². The molecule has 0 aliphatic carbocycles. The third kappa shape index (κ3) is 5.77. The summed E-state index contributed by atoms with van der Waals surface area (Å²) in [6.45, 7) is 1.51. The van der Waals surface area contributed by atoms with Crippen molar-refractivity contribution < 1.29 is 27.4 Å². The van der Waals surface area contributed by atoms with Gasteiger partial charge in [0, 0.05) is 5.56 Å². The van der Waals surface area contributed by atoms with Gasteiger partial charge in [-0.3, -0.25) is 4.79 Å². The number of Topliss-reactive ketones (excluding diaryl/α,β-unsaturated/α-hetero) is 1. The maximum atomic E-state index is 12.7. The van der Waals surface area contributed by atoms with Crippen LogP contribution in [0.4, 0.5) is 13.2 Å². The smallest absolute Gasteiger partial charge is 0.416 e. The van der Waals surface area contributed by atoms with E-state index in [2.05, 4.69) is 15.4 Å². The number of hydrogen-bond donors (Lipinski definition) is 0. The van der Waals surface area contributed by atoms with Crippen LogP contribution < -0.4 is 9.47 Å². The number of nitrogens with zero attached hydrogens (tertiary/aromatic N) is 4. The standard InChI is InChI=1S/C24H19F3N4O3/c1-16(22(32)15-31-29-23(28-30-31)17-5-3-2-4-6-17)33-19-11-13-21(14-12-19)34-20-9-7-18(8-10-20)24(25,26)27/h2-14,16H,15H2,1H3. The van der Waals surface area contributed by atoms with Gasteiger partial charge in [-0.1, -0.05) is 30.3 Å². The summed E-state index contributed by atoms with van der Waals surface area (Å²) < 4.78 is 49.2. The van der Waals surface area contributed by atoms with Crippen molar-refractivity contribution in [3.05, 3.63) is 84.4 Å². The van der Waals surface area contributed by atoms with E-state index >= 15 is 0 Å². The zero-order valence-electron chi connectivity index (χ0n) is 17.9. The molecule has 34 heavy (non-hydrogen) atoms. The summed E-state index contributed by atoms with van der Waals surface area (Å²) in [6.07, 6.45) is -5.17. The summed E-state index contributed by atoms with van der Waals surface area (Å²) >= 11 is 0. The van der Waals surface area contributed by atoms with Crippen molar-refractivity contribution in [3.63, 3.8) is 0 Å². The van der Waals surface area contributed by atoms with Crippen LogP contribution in [0.5, 0.6) is 17.2 Å². The predicted octanol–water partition coefficient (Wildman–Crippen LogP) is 5.19. The minimum atomic E-state index is -4.40. The molecule has 0 bridgehead atoms. The first-order valence-electron chi connectivity index (χ1n) is 10.3. The summed E-state index contributed by atoms with van der Waals surface area (Å²) in [4.78, 5) is 13.7. The Labute approximate surface area is 192 Å². The van der Waals surface area contributed by atoms with Gasteiger partial charge in [0.05, 0.1) is 5.56 Å². The molecule has 4 aromatic rings. The largest absolute Gasteiger partial charge is 0.483 e. The zero-order valence-corrected chi connectivity index (χ0v) is 17.9. The Balaban J connectivity index is 1.31. The number of halogens is 3. The molecule has 0 aliphatic heterocycles. The van der Waals surface area contributed by atoms with Gasteiger partial charge >= 0.3 is 6.18 Å². The summed E-state index contributed by atoms with van der Waals surface area (Å²) in [7, 11) is 0. The fourth-order valence-corrected chi connectivity index (χ4v) is 2.99. The second-order valence-electron chi connectivity index (χ2n) is 7.33. The van der Waals surface area contributed by atoms with Crippen molar-refractivity contribution >= 4 is 5.78 Å². The van der Waals surface area contributed by atoms with Crippen LogP contribution in [0.15, 0.2) is 78.9 Å². The Morgan fingerprint density at radius 2 is 1.50 bits per heavy atom. The molecule has 0 aliphatic rings. The van der Waals surface area contributed by atoms with Gasteiger partial charge in [-0.15, -0.1) is 10.2 Å². The molecule has 0 saturated heterocycles. The molecule has 7 nitrogen and oxygen atoms in total. The van der Waals surface area contributed by atoms with Crippen LogP contribution in [-0.4, -0.2) is 32.1 Å². The molecule has 0 saturated carbocycles. The Kier molecular flexibility index (Phi) is 6.58. The molecular formula is C24H19F3N4O3. The number of aromatic nitrogens is 4. The van der Waals surface area contributed by atoms with Crippen molar-refractivity contribution in [2.24, 2.45) is 0 Å². The molecule has 174 valence electrons. The topological polar surface area (TPSA) is 79.1 Å². The molecule has 0 radical (unpaired) electrons. The maximum Gasteiger partial charge on any atom is 0.416 e. The van der Waals surface area contributed by atoms with Crippen LogP contribution >= 0.6 is 0 Å². The van der Waals surface area contributed by atoms with Crippen molar-refractivity contribution in [3.8, 4) is 28.6 Å². The monoisotopic (exact) mass is 468 g/mol. The average molecular weight is 468 g/mol. The molecular weight excluding hydrogens is 449 g/mol. The highest BCUT2D eigenvalue weighted by molar-refractivity contribution is 5.82. The highest BCUT2D eigenvalue weighted by Crippen LogP contribution is 2.31. The quantitative estimate of drug-likeness (QED) is 0.354. The van der Waals surface area contributed by atoms with E-state index in [4.69, 9.17) is 9.47 Å². The summed E-state index contributed by atoms with van der Waals surface area (Å²) in [6, 6.07) is 20.1. The molecule has 10 heteroatoms. The van der Waals surface area contributed by atoms with Gasteiger partial charge in [0.1, 0.15) is 23.8 Å². The lowest BCUT2D eigenvalue weighted by Gasteiger charge is -2.14. The lowest BCUT2D eigenvalue weighted by atomic mass is 10.2. The Hall–Kier alpha value is -4.21. The molecule has 1 atom stereocenters. The maximum absolute atomic E-state index is 12.7. The van der Waals surface area contributed by atoms with Gasteiger partial charge in [0.15, 0.2) is 11.9 Å². The minimum Gasteiger partial charge on any atom is -0.483 e. The summed E-state index contributed by atoms with van der Waals surface area (Å²) in [5.74, 6) is 1.27. The van der Waals surface area contributed by atoms with E-state index < -0.39 is 17.8 Å². The number of ketones is 1. The van der Waals surface area contributed by atoms with Crippen LogP contribution in [0.25, 0.3) is 11.4 Å². The van der Waals surface area contributed by atoms with Gasteiger partial charge in [-0.05, 0) is 60.7 Å². The van der Waals surface area contributed by atoms with Crippen LogP contribution in [0.3, 0.4) is 0 Å². The van der Waals surface area contributed by atoms with Gasteiger partial charge in [0.2, 0.25) is 5.82 Å². The van der Waals surface area contributed by atoms with Crippen LogP contribution in [-0.2, 0) is 17.5 Å². The molecule has 1 aromatic heterocycles. The second kappa shape index (κ2) is 9.74. The Morgan fingerprint density at radius 1 is 0.912 bits per heavy atom. The van der Waals surface area contributed by atoms with Crippen LogP contribution in [0.2, 0.25) is 0 Å². The number of ether oxygens (including phenoxy) is 2. The first-order valence-corrected chi connectivity index (χ1v) is 10.3. The van der Waals surface area contributed by atoms with E-state index in [1.807, 2.05) is 30.3 Å². The van der Waals surface area contributed by atoms with Crippen molar-refractivity contribution in [2.45, 2.75) is 25.7 Å². The molecule has 0 N–H and O–H groups in total. The fourth-order valence-electron chi connectivity index (χ4n) is 2.99. The number of benzene rings is 3. The van der Waals surface area contributed by atoms with E-state index in [1.54, 1.807) is 31.2 Å². The molecule has 0 spiro atoms. The Morgan fingerprint density at radius 3 is 2.12 bits per heavy atom. The number of tetrazole rings is 1. The number of rotatable bonds is 8. The van der Waals surface area contributed by atoms with E-state index in [9.17, 15) is 18.0 Å². The molecule has 0 fully saturated rings. The zero-order chi connectivity index (χ0) is 24.1. The number of carbonyl (C=O) groups is 1. The number of carbonyl (C=O) groups excluding carboxylic acids is 1. The van der Waals surface area contributed by atoms with Gasteiger partial charge < -0.3 is 9.47 Å². The highest BCUT2D eigenvalue weighted by Gasteiger charge is 2.30. The average Bonchev–Trinajstić information content (AvgIpc) is 3.29. The minimum absolute atomic E-state index is 0.101. The van der Waals surface area contributed by atoms with Crippen LogP contribution in [0, 0.1) is 0 Å². The lowest BCUT2D eigenvalue weighted by Crippen LogP contribution is -2.28.